The summed E-state index contributed by atoms with van der Waals surface area (Å²) >= 11 is 5.88. The highest BCUT2D eigenvalue weighted by Crippen LogP contribution is 2.26. The summed E-state index contributed by atoms with van der Waals surface area (Å²) in [6.45, 7) is 1.26. The van der Waals surface area contributed by atoms with Crippen LogP contribution in [0, 0.1) is 0 Å². The van der Waals surface area contributed by atoms with Crippen LogP contribution in [0.3, 0.4) is 0 Å². The van der Waals surface area contributed by atoms with Gasteiger partial charge in [0.1, 0.15) is 12.6 Å². The number of hydrogen-bond donors (Lipinski definition) is 1. The van der Waals surface area contributed by atoms with E-state index in [1.54, 1.807) is 21.9 Å². The van der Waals surface area contributed by atoms with Crippen LogP contribution in [0.1, 0.15) is 18.4 Å². The summed E-state index contributed by atoms with van der Waals surface area (Å²) in [4.78, 5) is 27.7. The van der Waals surface area contributed by atoms with Crippen molar-refractivity contribution < 1.29 is 9.59 Å². The van der Waals surface area contributed by atoms with Crippen molar-refractivity contribution in [2.24, 2.45) is 0 Å². The molecule has 2 heterocycles. The second-order valence-corrected chi connectivity index (χ2v) is 5.70. The molecular formula is C14H16ClN3O2. The number of piperazine rings is 1. The van der Waals surface area contributed by atoms with E-state index in [4.69, 9.17) is 17.3 Å². The number of nitrogen functional groups attached to an aromatic ring is 1. The molecule has 0 spiro atoms. The van der Waals surface area contributed by atoms with Crippen LogP contribution in [0.5, 0.6) is 0 Å². The van der Waals surface area contributed by atoms with E-state index in [9.17, 15) is 9.59 Å². The maximum absolute atomic E-state index is 12.4. The van der Waals surface area contributed by atoms with Crippen LogP contribution < -0.4 is 5.73 Å². The molecule has 0 saturated carbocycles. The first-order valence-electron chi connectivity index (χ1n) is 6.68. The lowest BCUT2D eigenvalue weighted by Gasteiger charge is -2.36. The number of benzene rings is 1. The minimum absolute atomic E-state index is 0.0361. The fraction of sp³-hybridized carbons (Fsp3) is 0.429. The Labute approximate surface area is 122 Å². The van der Waals surface area contributed by atoms with Gasteiger partial charge in [-0.3, -0.25) is 9.59 Å². The molecule has 2 saturated heterocycles. The predicted octanol–water partition coefficient (Wildman–Crippen LogP) is 1.26. The van der Waals surface area contributed by atoms with Crippen molar-refractivity contribution in [3.05, 3.63) is 28.8 Å². The van der Waals surface area contributed by atoms with E-state index in [0.29, 0.717) is 23.8 Å². The molecule has 0 bridgehead atoms. The predicted molar refractivity (Wildman–Crippen MR) is 76.0 cm³/mol. The molecule has 1 unspecified atom stereocenters. The Morgan fingerprint density at radius 1 is 1.35 bits per heavy atom. The summed E-state index contributed by atoms with van der Waals surface area (Å²) in [6, 6.07) is 5.03. The fourth-order valence-corrected chi connectivity index (χ4v) is 3.03. The summed E-state index contributed by atoms with van der Waals surface area (Å²) in [5.74, 6) is 0.0738. The van der Waals surface area contributed by atoms with E-state index in [1.807, 2.05) is 6.07 Å². The molecule has 2 aliphatic heterocycles. The van der Waals surface area contributed by atoms with Crippen LogP contribution in [0.4, 0.5) is 5.69 Å². The molecule has 3 rings (SSSR count). The van der Waals surface area contributed by atoms with Crippen molar-refractivity contribution in [3.8, 4) is 0 Å². The molecule has 1 atom stereocenters. The molecule has 6 heteroatoms. The van der Waals surface area contributed by atoms with E-state index in [0.717, 1.165) is 18.4 Å². The SMILES string of the molecule is Nc1cc(CN2CC(=O)N3CCCC3C2=O)ccc1Cl. The van der Waals surface area contributed by atoms with E-state index < -0.39 is 0 Å². The van der Waals surface area contributed by atoms with Crippen LogP contribution in [0.15, 0.2) is 18.2 Å². The van der Waals surface area contributed by atoms with Gasteiger partial charge in [0.15, 0.2) is 0 Å². The number of hydrogen-bond acceptors (Lipinski definition) is 3. The Morgan fingerprint density at radius 2 is 2.15 bits per heavy atom. The molecule has 20 heavy (non-hydrogen) atoms. The van der Waals surface area contributed by atoms with Crippen molar-refractivity contribution in [1.82, 2.24) is 9.80 Å². The molecule has 1 aromatic rings. The zero-order valence-electron chi connectivity index (χ0n) is 11.0. The number of amides is 2. The van der Waals surface area contributed by atoms with Gasteiger partial charge in [-0.2, -0.15) is 0 Å². The lowest BCUT2D eigenvalue weighted by molar-refractivity contribution is -0.154. The zero-order valence-corrected chi connectivity index (χ0v) is 11.8. The summed E-state index contributed by atoms with van der Waals surface area (Å²) in [5.41, 5.74) is 7.14. The molecule has 106 valence electrons. The van der Waals surface area contributed by atoms with E-state index in [2.05, 4.69) is 0 Å². The van der Waals surface area contributed by atoms with Crippen LogP contribution in [0.25, 0.3) is 0 Å². The van der Waals surface area contributed by atoms with Gasteiger partial charge in [0.2, 0.25) is 11.8 Å². The largest absolute Gasteiger partial charge is 0.398 e. The highest BCUT2D eigenvalue weighted by molar-refractivity contribution is 6.33. The highest BCUT2D eigenvalue weighted by Gasteiger charge is 2.41. The van der Waals surface area contributed by atoms with Gasteiger partial charge in [-0.05, 0) is 30.5 Å². The average Bonchev–Trinajstić information content (AvgIpc) is 2.90. The first-order valence-corrected chi connectivity index (χ1v) is 7.06. The number of halogens is 1. The molecule has 2 amide bonds. The number of fused-ring (bicyclic) bond motifs is 1. The Balaban J connectivity index is 1.78. The maximum atomic E-state index is 12.4. The van der Waals surface area contributed by atoms with Gasteiger partial charge in [0, 0.05) is 13.1 Å². The Morgan fingerprint density at radius 3 is 2.90 bits per heavy atom. The molecule has 0 aliphatic carbocycles. The molecular weight excluding hydrogens is 278 g/mol. The summed E-state index contributed by atoms with van der Waals surface area (Å²) < 4.78 is 0. The Hall–Kier alpha value is -1.75. The van der Waals surface area contributed by atoms with Gasteiger partial charge < -0.3 is 15.5 Å². The number of carbonyl (C=O) groups excluding carboxylic acids is 2. The Bertz CT molecular complexity index is 576. The first-order chi connectivity index (χ1) is 9.56. The third-order valence-electron chi connectivity index (χ3n) is 3.93. The second kappa shape index (κ2) is 4.98. The van der Waals surface area contributed by atoms with Crippen molar-refractivity contribution >= 4 is 29.1 Å². The second-order valence-electron chi connectivity index (χ2n) is 5.30. The van der Waals surface area contributed by atoms with Crippen molar-refractivity contribution in [2.75, 3.05) is 18.8 Å². The molecule has 2 fully saturated rings. The number of nitrogens with two attached hydrogens (primary N) is 1. The minimum Gasteiger partial charge on any atom is -0.398 e. The molecule has 1 aromatic carbocycles. The number of carbonyl (C=O) groups is 2. The third kappa shape index (κ3) is 2.22. The summed E-state index contributed by atoms with van der Waals surface area (Å²) in [7, 11) is 0. The van der Waals surface area contributed by atoms with Gasteiger partial charge in [0.05, 0.1) is 10.7 Å². The lowest BCUT2D eigenvalue weighted by Crippen LogP contribution is -2.56. The van der Waals surface area contributed by atoms with Gasteiger partial charge in [-0.1, -0.05) is 17.7 Å². The van der Waals surface area contributed by atoms with Crippen LogP contribution >= 0.6 is 11.6 Å². The smallest absolute Gasteiger partial charge is 0.246 e. The number of anilines is 1. The normalized spacial score (nSPS) is 22.4. The first kappa shape index (κ1) is 13.2. The Kier molecular flexibility index (Phi) is 3.30. The fourth-order valence-electron chi connectivity index (χ4n) is 2.91. The highest BCUT2D eigenvalue weighted by atomic mass is 35.5. The van der Waals surface area contributed by atoms with Crippen LogP contribution in [-0.4, -0.2) is 40.7 Å². The molecule has 5 nitrogen and oxygen atoms in total. The van der Waals surface area contributed by atoms with Crippen molar-refractivity contribution in [3.63, 3.8) is 0 Å². The monoisotopic (exact) mass is 293 g/mol. The maximum Gasteiger partial charge on any atom is 0.246 e. The van der Waals surface area contributed by atoms with Crippen LogP contribution in [-0.2, 0) is 16.1 Å². The molecule has 2 aliphatic rings. The van der Waals surface area contributed by atoms with Gasteiger partial charge in [-0.25, -0.2) is 0 Å². The van der Waals surface area contributed by atoms with E-state index in [1.165, 1.54) is 0 Å². The zero-order chi connectivity index (χ0) is 14.3. The lowest BCUT2D eigenvalue weighted by atomic mass is 10.1. The average molecular weight is 294 g/mol. The van der Waals surface area contributed by atoms with E-state index in [-0.39, 0.29) is 24.4 Å². The number of nitrogens with zero attached hydrogens (tertiary/aromatic N) is 2. The standard InChI is InChI=1S/C14H16ClN3O2/c15-10-4-3-9(6-11(10)16)7-17-8-13(19)18-5-1-2-12(18)14(17)20/h3-4,6,12H,1-2,5,7-8,16H2. The van der Waals surface area contributed by atoms with Gasteiger partial charge in [0.25, 0.3) is 0 Å². The van der Waals surface area contributed by atoms with Crippen molar-refractivity contribution in [1.29, 1.82) is 0 Å². The minimum atomic E-state index is -0.263. The van der Waals surface area contributed by atoms with Gasteiger partial charge >= 0.3 is 0 Å². The van der Waals surface area contributed by atoms with E-state index >= 15 is 0 Å². The van der Waals surface area contributed by atoms with Crippen LogP contribution in [0.2, 0.25) is 5.02 Å². The molecule has 2 N–H and O–H groups in total. The summed E-state index contributed by atoms with van der Waals surface area (Å²) in [5, 5.41) is 0.497. The number of rotatable bonds is 2. The summed E-state index contributed by atoms with van der Waals surface area (Å²) in [6.07, 6.45) is 1.67. The quantitative estimate of drug-likeness (QED) is 0.835. The van der Waals surface area contributed by atoms with Gasteiger partial charge in [-0.15, -0.1) is 0 Å². The third-order valence-corrected chi connectivity index (χ3v) is 4.27. The molecule has 0 radical (unpaired) electrons. The topological polar surface area (TPSA) is 66.6 Å². The van der Waals surface area contributed by atoms with Crippen molar-refractivity contribution in [2.45, 2.75) is 25.4 Å². The molecule has 0 aromatic heterocycles.